The minimum Gasteiger partial charge on any atom is -0.357 e. The highest BCUT2D eigenvalue weighted by molar-refractivity contribution is 5.79. The molecular weight excluding hydrogens is 300 g/mol. The average molecular weight is 326 g/mol. The summed E-state index contributed by atoms with van der Waals surface area (Å²) in [4.78, 5) is 6.91. The first kappa shape index (κ1) is 16.5. The van der Waals surface area contributed by atoms with Gasteiger partial charge < -0.3 is 14.8 Å². The molecule has 0 unspecified atom stereocenters. The number of hydrogen-bond acceptors (Lipinski definition) is 3. The number of aromatic nitrogens is 3. The number of aryl methyl sites for hydroxylation is 1. The molecule has 1 N–H and O–H groups in total. The van der Waals surface area contributed by atoms with E-state index in [1.165, 1.54) is 18.4 Å². The smallest absolute Gasteiger partial charge is 0.194 e. The zero-order chi connectivity index (χ0) is 16.8. The van der Waals surface area contributed by atoms with E-state index in [-0.39, 0.29) is 0 Å². The quantitative estimate of drug-likeness (QED) is 0.676. The fraction of sp³-hybridized carbons (Fsp3) is 0.500. The highest BCUT2D eigenvalue weighted by Gasteiger charge is 2.15. The van der Waals surface area contributed by atoms with Crippen LogP contribution >= 0.6 is 0 Å². The zero-order valence-corrected chi connectivity index (χ0v) is 14.6. The minimum atomic E-state index is 0.564. The Morgan fingerprint density at radius 3 is 2.88 bits per heavy atom. The van der Waals surface area contributed by atoms with Crippen molar-refractivity contribution in [3.05, 3.63) is 47.5 Å². The van der Waals surface area contributed by atoms with Crippen molar-refractivity contribution in [3.63, 3.8) is 0 Å². The maximum absolute atomic E-state index is 4.77. The van der Waals surface area contributed by atoms with E-state index < -0.39 is 0 Å². The lowest BCUT2D eigenvalue weighted by atomic mass is 10.2. The Bertz CT molecular complexity index is 676. The molecule has 6 heteroatoms. The minimum absolute atomic E-state index is 0.564. The van der Waals surface area contributed by atoms with Crippen molar-refractivity contribution in [2.75, 3.05) is 13.6 Å². The number of nitrogens with zero attached hydrogens (tertiary/aromatic N) is 5. The van der Waals surface area contributed by atoms with Crippen molar-refractivity contribution < 1.29 is 0 Å². The molecule has 1 aliphatic rings. The monoisotopic (exact) mass is 326 g/mol. The highest BCUT2D eigenvalue weighted by atomic mass is 15.3. The second kappa shape index (κ2) is 7.95. The van der Waals surface area contributed by atoms with Gasteiger partial charge in [0.1, 0.15) is 12.4 Å². The van der Waals surface area contributed by atoms with Gasteiger partial charge >= 0.3 is 0 Å². The van der Waals surface area contributed by atoms with E-state index in [0.29, 0.717) is 6.54 Å². The van der Waals surface area contributed by atoms with Crippen molar-refractivity contribution in [1.82, 2.24) is 25.0 Å². The van der Waals surface area contributed by atoms with Gasteiger partial charge in [-0.05, 0) is 25.3 Å². The van der Waals surface area contributed by atoms with Crippen LogP contribution in [0.15, 0.2) is 35.3 Å². The third kappa shape index (κ3) is 3.93. The Balaban J connectivity index is 1.70. The topological polar surface area (TPSA) is 58.3 Å². The SMILES string of the molecule is CCNC(=NCc1nnc2n1CCCC2)N(C)Cc1ccccc1. The molecule has 0 saturated carbocycles. The van der Waals surface area contributed by atoms with Crippen LogP contribution in [0.1, 0.15) is 37.0 Å². The van der Waals surface area contributed by atoms with Gasteiger partial charge in [0.15, 0.2) is 11.8 Å². The van der Waals surface area contributed by atoms with E-state index >= 15 is 0 Å². The molecule has 1 aromatic heterocycles. The average Bonchev–Trinajstić information content (AvgIpc) is 3.02. The number of aliphatic imine (C=N–C) groups is 1. The Morgan fingerprint density at radius 2 is 2.08 bits per heavy atom. The van der Waals surface area contributed by atoms with Crippen LogP contribution in [0.4, 0.5) is 0 Å². The number of fused-ring (bicyclic) bond motifs is 1. The van der Waals surface area contributed by atoms with Crippen LogP contribution in [-0.4, -0.2) is 39.2 Å². The molecule has 0 aliphatic carbocycles. The molecule has 0 saturated heterocycles. The lowest BCUT2D eigenvalue weighted by molar-refractivity contribution is 0.474. The van der Waals surface area contributed by atoms with Crippen LogP contribution in [0.25, 0.3) is 0 Å². The highest BCUT2D eigenvalue weighted by Crippen LogP contribution is 2.14. The molecular formula is C18H26N6. The summed E-state index contributed by atoms with van der Waals surface area (Å²) in [6, 6.07) is 10.4. The van der Waals surface area contributed by atoms with E-state index in [2.05, 4.69) is 63.2 Å². The lowest BCUT2D eigenvalue weighted by Gasteiger charge is -2.22. The summed E-state index contributed by atoms with van der Waals surface area (Å²) in [5.74, 6) is 2.97. The maximum Gasteiger partial charge on any atom is 0.194 e. The van der Waals surface area contributed by atoms with E-state index in [1.54, 1.807) is 0 Å². The second-order valence-electron chi connectivity index (χ2n) is 6.15. The Kier molecular flexibility index (Phi) is 5.46. The molecule has 128 valence electrons. The molecule has 2 aromatic rings. The van der Waals surface area contributed by atoms with Crippen LogP contribution < -0.4 is 5.32 Å². The summed E-state index contributed by atoms with van der Waals surface area (Å²) in [6.07, 6.45) is 3.45. The largest absolute Gasteiger partial charge is 0.357 e. The fourth-order valence-corrected chi connectivity index (χ4v) is 3.03. The van der Waals surface area contributed by atoms with Gasteiger partial charge in [-0.1, -0.05) is 30.3 Å². The van der Waals surface area contributed by atoms with Crippen LogP contribution in [0.5, 0.6) is 0 Å². The van der Waals surface area contributed by atoms with Crippen molar-refractivity contribution >= 4 is 5.96 Å². The molecule has 1 aromatic carbocycles. The Labute approximate surface area is 143 Å². The number of guanidine groups is 1. The molecule has 0 radical (unpaired) electrons. The summed E-state index contributed by atoms with van der Waals surface area (Å²) in [5, 5.41) is 12.0. The van der Waals surface area contributed by atoms with Crippen LogP contribution in [0, 0.1) is 0 Å². The normalized spacial score (nSPS) is 14.3. The molecule has 6 nitrogen and oxygen atoms in total. The van der Waals surface area contributed by atoms with Gasteiger partial charge in [0.25, 0.3) is 0 Å². The molecule has 2 heterocycles. The summed E-state index contributed by atoms with van der Waals surface area (Å²) in [5.41, 5.74) is 1.27. The molecule has 0 spiro atoms. The van der Waals surface area contributed by atoms with Gasteiger partial charge in [-0.15, -0.1) is 10.2 Å². The number of benzene rings is 1. The third-order valence-corrected chi connectivity index (χ3v) is 4.27. The molecule has 0 fully saturated rings. The summed E-state index contributed by atoms with van der Waals surface area (Å²) in [7, 11) is 2.06. The van der Waals surface area contributed by atoms with Gasteiger partial charge in [-0.25, -0.2) is 4.99 Å². The first-order valence-corrected chi connectivity index (χ1v) is 8.72. The maximum atomic E-state index is 4.77. The summed E-state index contributed by atoms with van der Waals surface area (Å²) in [6.45, 7) is 5.34. The van der Waals surface area contributed by atoms with Gasteiger partial charge in [-0.2, -0.15) is 0 Å². The first-order valence-electron chi connectivity index (χ1n) is 8.72. The van der Waals surface area contributed by atoms with Crippen LogP contribution in [-0.2, 0) is 26.1 Å². The van der Waals surface area contributed by atoms with E-state index in [0.717, 1.165) is 43.7 Å². The van der Waals surface area contributed by atoms with E-state index in [1.807, 2.05) is 6.07 Å². The predicted molar refractivity (Wildman–Crippen MR) is 95.7 cm³/mol. The summed E-state index contributed by atoms with van der Waals surface area (Å²) < 4.78 is 2.23. The van der Waals surface area contributed by atoms with Gasteiger partial charge in [0.05, 0.1) is 0 Å². The number of nitrogens with one attached hydrogen (secondary N) is 1. The van der Waals surface area contributed by atoms with Crippen molar-refractivity contribution in [2.45, 2.75) is 45.8 Å². The number of rotatable bonds is 5. The molecule has 0 bridgehead atoms. The zero-order valence-electron chi connectivity index (χ0n) is 14.6. The summed E-state index contributed by atoms with van der Waals surface area (Å²) >= 11 is 0. The van der Waals surface area contributed by atoms with Crippen LogP contribution in [0.2, 0.25) is 0 Å². The standard InChI is InChI=1S/C18H26N6/c1-3-19-18(23(2)14-15-9-5-4-6-10-15)20-13-17-22-21-16-11-7-8-12-24(16)17/h4-6,9-10H,3,7-8,11-14H2,1-2H3,(H,19,20). The van der Waals surface area contributed by atoms with E-state index in [9.17, 15) is 0 Å². The third-order valence-electron chi connectivity index (χ3n) is 4.27. The molecule has 0 amide bonds. The fourth-order valence-electron chi connectivity index (χ4n) is 3.03. The molecule has 1 aliphatic heterocycles. The predicted octanol–water partition coefficient (Wildman–Crippen LogP) is 2.21. The van der Waals surface area contributed by atoms with Crippen molar-refractivity contribution in [1.29, 1.82) is 0 Å². The Hall–Kier alpha value is -2.37. The second-order valence-corrected chi connectivity index (χ2v) is 6.15. The Morgan fingerprint density at radius 1 is 1.25 bits per heavy atom. The van der Waals surface area contributed by atoms with Crippen molar-refractivity contribution in [2.24, 2.45) is 4.99 Å². The molecule has 0 atom stereocenters. The lowest BCUT2D eigenvalue weighted by Crippen LogP contribution is -2.38. The van der Waals surface area contributed by atoms with Gasteiger partial charge in [-0.3, -0.25) is 0 Å². The van der Waals surface area contributed by atoms with Gasteiger partial charge in [0, 0.05) is 33.1 Å². The van der Waals surface area contributed by atoms with Crippen molar-refractivity contribution in [3.8, 4) is 0 Å². The van der Waals surface area contributed by atoms with Gasteiger partial charge in [0.2, 0.25) is 0 Å². The number of hydrogen-bond donors (Lipinski definition) is 1. The molecule has 24 heavy (non-hydrogen) atoms. The molecule has 3 rings (SSSR count). The van der Waals surface area contributed by atoms with Crippen LogP contribution in [0.3, 0.4) is 0 Å². The first-order chi connectivity index (χ1) is 11.8. The van der Waals surface area contributed by atoms with E-state index in [4.69, 9.17) is 4.99 Å².